The third-order valence-corrected chi connectivity index (χ3v) is 3.75. The zero-order valence-electron chi connectivity index (χ0n) is 9.77. The van der Waals surface area contributed by atoms with Crippen LogP contribution in [0.5, 0.6) is 0 Å². The topological polar surface area (TPSA) is 49.3 Å². The van der Waals surface area contributed by atoms with Crippen molar-refractivity contribution in [3.63, 3.8) is 0 Å². The van der Waals surface area contributed by atoms with Crippen LogP contribution in [0.3, 0.4) is 0 Å². The molecule has 3 nitrogen and oxygen atoms in total. The van der Waals surface area contributed by atoms with Gasteiger partial charge in [0.15, 0.2) is 0 Å². The zero-order chi connectivity index (χ0) is 13.8. The average Bonchev–Trinajstić information content (AvgIpc) is 2.89. The Balaban J connectivity index is 1.98. The minimum absolute atomic E-state index is 0.0410. The summed E-state index contributed by atoms with van der Waals surface area (Å²) in [6, 6.07) is 5.99. The molecule has 0 aliphatic rings. The van der Waals surface area contributed by atoms with Gasteiger partial charge in [0, 0.05) is 11.0 Å². The first-order valence-electron chi connectivity index (χ1n) is 5.51. The van der Waals surface area contributed by atoms with Crippen LogP contribution in [0.2, 0.25) is 0 Å². The zero-order valence-corrected chi connectivity index (χ0v) is 12.2. The van der Waals surface area contributed by atoms with Gasteiger partial charge < -0.3 is 10.4 Å². The van der Waals surface area contributed by atoms with Gasteiger partial charge in [-0.25, -0.2) is 4.39 Å². The number of carbonyl (C=O) groups is 1. The summed E-state index contributed by atoms with van der Waals surface area (Å²) in [4.78, 5) is 11.8. The van der Waals surface area contributed by atoms with Crippen LogP contribution in [-0.4, -0.2) is 17.6 Å². The summed E-state index contributed by atoms with van der Waals surface area (Å²) >= 11 is 4.59. The SMILES string of the molecule is O=C(NCC(O)c1ccsc1)c1ccc(Br)cc1F. The van der Waals surface area contributed by atoms with E-state index in [-0.39, 0.29) is 12.1 Å². The Kier molecular flexibility index (Phi) is 4.68. The molecule has 0 spiro atoms. The minimum atomic E-state index is -0.784. The summed E-state index contributed by atoms with van der Waals surface area (Å²) in [5.74, 6) is -1.14. The predicted molar refractivity (Wildman–Crippen MR) is 75.7 cm³/mol. The van der Waals surface area contributed by atoms with Gasteiger partial charge in [-0.3, -0.25) is 4.79 Å². The lowest BCUT2D eigenvalue weighted by molar-refractivity contribution is 0.0912. The Labute approximate surface area is 122 Å². The Hall–Kier alpha value is -1.24. The average molecular weight is 344 g/mol. The van der Waals surface area contributed by atoms with Crippen LogP contribution in [0.1, 0.15) is 22.0 Å². The molecular formula is C13H11BrFNO2S. The molecular weight excluding hydrogens is 333 g/mol. The number of amides is 1. The molecule has 0 radical (unpaired) electrons. The molecule has 0 aliphatic heterocycles. The Morgan fingerprint density at radius 3 is 2.89 bits per heavy atom. The van der Waals surface area contributed by atoms with E-state index in [9.17, 15) is 14.3 Å². The lowest BCUT2D eigenvalue weighted by Crippen LogP contribution is -2.28. The van der Waals surface area contributed by atoms with Gasteiger partial charge in [0.05, 0.1) is 11.7 Å². The smallest absolute Gasteiger partial charge is 0.254 e. The molecule has 1 atom stereocenters. The molecule has 0 saturated carbocycles. The van der Waals surface area contributed by atoms with E-state index in [2.05, 4.69) is 21.2 Å². The van der Waals surface area contributed by atoms with E-state index in [4.69, 9.17) is 0 Å². The molecule has 100 valence electrons. The van der Waals surface area contributed by atoms with Crippen LogP contribution >= 0.6 is 27.3 Å². The summed E-state index contributed by atoms with van der Waals surface area (Å²) < 4.78 is 14.1. The molecule has 0 saturated heterocycles. The van der Waals surface area contributed by atoms with Crippen LogP contribution in [0.4, 0.5) is 4.39 Å². The number of hydrogen-bond donors (Lipinski definition) is 2. The maximum Gasteiger partial charge on any atom is 0.254 e. The monoisotopic (exact) mass is 343 g/mol. The van der Waals surface area contributed by atoms with Crippen LogP contribution in [-0.2, 0) is 0 Å². The van der Waals surface area contributed by atoms with Gasteiger partial charge in [0.1, 0.15) is 5.82 Å². The first-order chi connectivity index (χ1) is 9.08. The number of carbonyl (C=O) groups excluding carboxylic acids is 1. The van der Waals surface area contributed by atoms with E-state index < -0.39 is 17.8 Å². The van der Waals surface area contributed by atoms with Crippen molar-refractivity contribution in [1.82, 2.24) is 5.32 Å². The van der Waals surface area contributed by atoms with Gasteiger partial charge in [-0.2, -0.15) is 11.3 Å². The lowest BCUT2D eigenvalue weighted by atomic mass is 10.1. The maximum absolute atomic E-state index is 13.5. The first-order valence-corrected chi connectivity index (χ1v) is 7.25. The summed E-state index contributed by atoms with van der Waals surface area (Å²) in [6.45, 7) is 0.0467. The van der Waals surface area contributed by atoms with E-state index in [0.29, 0.717) is 4.47 Å². The Morgan fingerprint density at radius 1 is 1.47 bits per heavy atom. The fraction of sp³-hybridized carbons (Fsp3) is 0.154. The highest BCUT2D eigenvalue weighted by molar-refractivity contribution is 9.10. The van der Waals surface area contributed by atoms with Crippen molar-refractivity contribution in [3.05, 3.63) is 56.4 Å². The fourth-order valence-corrected chi connectivity index (χ4v) is 2.58. The molecule has 2 N–H and O–H groups in total. The normalized spacial score (nSPS) is 12.2. The van der Waals surface area contributed by atoms with Crippen molar-refractivity contribution >= 4 is 33.2 Å². The van der Waals surface area contributed by atoms with Gasteiger partial charge in [-0.1, -0.05) is 15.9 Å². The summed E-state index contributed by atoms with van der Waals surface area (Å²) in [7, 11) is 0. The summed E-state index contributed by atoms with van der Waals surface area (Å²) in [6.07, 6.45) is -0.784. The Morgan fingerprint density at radius 2 is 2.26 bits per heavy atom. The number of benzene rings is 1. The number of hydrogen-bond acceptors (Lipinski definition) is 3. The van der Waals surface area contributed by atoms with Crippen molar-refractivity contribution in [1.29, 1.82) is 0 Å². The van der Waals surface area contributed by atoms with Crippen molar-refractivity contribution in [3.8, 4) is 0 Å². The van der Waals surface area contributed by atoms with E-state index in [0.717, 1.165) is 5.56 Å². The van der Waals surface area contributed by atoms with Gasteiger partial charge in [-0.05, 0) is 40.6 Å². The molecule has 0 fully saturated rings. The molecule has 0 aliphatic carbocycles. The van der Waals surface area contributed by atoms with Gasteiger partial charge in [-0.15, -0.1) is 0 Å². The summed E-state index contributed by atoms with van der Waals surface area (Å²) in [5, 5.41) is 16.0. The summed E-state index contributed by atoms with van der Waals surface area (Å²) in [5.41, 5.74) is 0.697. The number of nitrogens with one attached hydrogen (secondary N) is 1. The molecule has 2 aromatic rings. The van der Waals surface area contributed by atoms with Crippen LogP contribution < -0.4 is 5.32 Å². The highest BCUT2D eigenvalue weighted by Crippen LogP contribution is 2.17. The third kappa shape index (κ3) is 3.62. The van der Waals surface area contributed by atoms with Gasteiger partial charge >= 0.3 is 0 Å². The lowest BCUT2D eigenvalue weighted by Gasteiger charge is -2.11. The second-order valence-electron chi connectivity index (χ2n) is 3.91. The second kappa shape index (κ2) is 6.27. The molecule has 1 heterocycles. The van der Waals surface area contributed by atoms with Crippen LogP contribution in [0, 0.1) is 5.82 Å². The number of aliphatic hydroxyl groups excluding tert-OH is 1. The van der Waals surface area contributed by atoms with Crippen LogP contribution in [0.15, 0.2) is 39.5 Å². The molecule has 0 bridgehead atoms. The number of aliphatic hydroxyl groups is 1. The molecule has 1 aromatic carbocycles. The van der Waals surface area contributed by atoms with Crippen molar-refractivity contribution in [2.75, 3.05) is 6.54 Å². The quantitative estimate of drug-likeness (QED) is 0.895. The second-order valence-corrected chi connectivity index (χ2v) is 5.60. The number of rotatable bonds is 4. The predicted octanol–water partition coefficient (Wildman–Crippen LogP) is 3.11. The number of thiophene rings is 1. The molecule has 1 aromatic heterocycles. The van der Waals surface area contributed by atoms with Gasteiger partial charge in [0.2, 0.25) is 0 Å². The molecule has 19 heavy (non-hydrogen) atoms. The molecule has 1 unspecified atom stereocenters. The van der Waals surface area contributed by atoms with Crippen molar-refractivity contribution < 1.29 is 14.3 Å². The van der Waals surface area contributed by atoms with Crippen molar-refractivity contribution in [2.45, 2.75) is 6.10 Å². The standard InChI is InChI=1S/C13H11BrFNO2S/c14-9-1-2-10(11(15)5-9)13(18)16-6-12(17)8-3-4-19-7-8/h1-5,7,12,17H,6H2,(H,16,18). The van der Waals surface area contributed by atoms with Gasteiger partial charge in [0.25, 0.3) is 5.91 Å². The van der Waals surface area contributed by atoms with Crippen LogP contribution in [0.25, 0.3) is 0 Å². The minimum Gasteiger partial charge on any atom is -0.387 e. The molecule has 1 amide bonds. The highest BCUT2D eigenvalue weighted by atomic mass is 79.9. The van der Waals surface area contributed by atoms with E-state index in [1.54, 1.807) is 17.5 Å². The fourth-order valence-electron chi connectivity index (χ4n) is 1.54. The van der Waals surface area contributed by atoms with E-state index in [1.807, 2.05) is 5.38 Å². The first kappa shape index (κ1) is 14.2. The van der Waals surface area contributed by atoms with E-state index in [1.165, 1.54) is 23.5 Å². The molecule has 2 rings (SSSR count). The largest absolute Gasteiger partial charge is 0.387 e. The van der Waals surface area contributed by atoms with E-state index >= 15 is 0 Å². The maximum atomic E-state index is 13.5. The Bertz CT molecular complexity index is 574. The molecule has 6 heteroatoms. The third-order valence-electron chi connectivity index (χ3n) is 2.56. The highest BCUT2D eigenvalue weighted by Gasteiger charge is 2.14. The van der Waals surface area contributed by atoms with Crippen molar-refractivity contribution in [2.24, 2.45) is 0 Å². The number of halogens is 2.